The largest absolute Gasteiger partial charge is 1.00 e. The zero-order valence-corrected chi connectivity index (χ0v) is 16.9. The second-order valence-electron chi connectivity index (χ2n) is 6.07. The number of unbranched alkanes of at least 4 members (excludes halogenated alkanes) is 9. The summed E-state index contributed by atoms with van der Waals surface area (Å²) in [5, 5.41) is 0. The molecule has 0 spiro atoms. The van der Waals surface area contributed by atoms with E-state index in [4.69, 9.17) is 0 Å². The summed E-state index contributed by atoms with van der Waals surface area (Å²) in [6.07, 6.45) is 14.1. The molecule has 0 unspecified atom stereocenters. The minimum Gasteiger partial charge on any atom is -1.00 e. The molecular weight excluding hydrogens is 401 g/mol. The van der Waals surface area contributed by atoms with Crippen molar-refractivity contribution in [3.8, 4) is 0 Å². The number of aryl methyl sites for hydroxylation is 1. The van der Waals surface area contributed by atoms with Gasteiger partial charge in [-0.25, -0.2) is 0 Å². The molecule has 3 heteroatoms. The molecule has 0 fully saturated rings. The lowest BCUT2D eigenvalue weighted by molar-refractivity contribution is -0.667. The van der Waals surface area contributed by atoms with Gasteiger partial charge in [-0.1, -0.05) is 81.8 Å². The minimum atomic E-state index is 0. The van der Waals surface area contributed by atoms with Crippen LogP contribution in [-0.2, 0) is 6.54 Å². The van der Waals surface area contributed by atoms with Crippen molar-refractivity contribution >= 4 is 21.6 Å². The van der Waals surface area contributed by atoms with E-state index in [1.807, 2.05) is 11.3 Å². The number of thiazole rings is 1. The third-order valence-corrected chi connectivity index (χ3v) is 5.19. The summed E-state index contributed by atoms with van der Waals surface area (Å²) in [5.41, 5.74) is 3.68. The molecule has 0 bridgehead atoms. The van der Waals surface area contributed by atoms with Crippen LogP contribution < -0.4 is 28.5 Å². The van der Waals surface area contributed by atoms with Crippen molar-refractivity contribution in [2.24, 2.45) is 0 Å². The first-order valence-corrected chi connectivity index (χ1v) is 9.65. The van der Waals surface area contributed by atoms with Gasteiger partial charge in [0.2, 0.25) is 11.0 Å². The van der Waals surface area contributed by atoms with Gasteiger partial charge in [-0.05, 0) is 12.5 Å². The number of nitrogens with zero attached hydrogens (tertiary/aromatic N) is 1. The molecule has 0 N–H and O–H groups in total. The molecule has 2 aromatic rings. The molecule has 2 rings (SSSR count). The molecule has 1 heterocycles. The van der Waals surface area contributed by atoms with Gasteiger partial charge in [0.25, 0.3) is 0 Å². The van der Waals surface area contributed by atoms with E-state index >= 15 is 0 Å². The number of rotatable bonds is 11. The van der Waals surface area contributed by atoms with Crippen LogP contribution in [0.5, 0.6) is 0 Å². The number of hydrogen-bond donors (Lipinski definition) is 0. The first-order chi connectivity index (χ1) is 10.4. The molecule has 22 heavy (non-hydrogen) atoms. The maximum Gasteiger partial charge on any atom is 0.225 e. The average Bonchev–Trinajstić information content (AvgIpc) is 2.92. The molecule has 0 atom stereocenters. The smallest absolute Gasteiger partial charge is 0.225 e. The molecule has 0 amide bonds. The van der Waals surface area contributed by atoms with Gasteiger partial charge < -0.3 is 24.0 Å². The summed E-state index contributed by atoms with van der Waals surface area (Å²) in [4.78, 5) is 0. The zero-order valence-electron chi connectivity index (χ0n) is 13.9. The SMILES string of the molecule is CCCCCCCCCCCC[n+]1csc2ccccc21.[I-]. The molecular formula is C19H30INS. The highest BCUT2D eigenvalue weighted by Gasteiger charge is 2.09. The lowest BCUT2D eigenvalue weighted by atomic mass is 10.1. The maximum absolute atomic E-state index is 2.42. The summed E-state index contributed by atoms with van der Waals surface area (Å²) in [5.74, 6) is 0. The summed E-state index contributed by atoms with van der Waals surface area (Å²) in [6.45, 7) is 3.47. The van der Waals surface area contributed by atoms with E-state index in [-0.39, 0.29) is 24.0 Å². The van der Waals surface area contributed by atoms with Crippen LogP contribution in [0.4, 0.5) is 0 Å². The van der Waals surface area contributed by atoms with Crippen LogP contribution in [0.1, 0.15) is 71.1 Å². The summed E-state index contributed by atoms with van der Waals surface area (Å²) in [7, 11) is 0. The van der Waals surface area contributed by atoms with Crippen molar-refractivity contribution in [1.29, 1.82) is 0 Å². The molecule has 0 saturated carbocycles. The lowest BCUT2D eigenvalue weighted by Crippen LogP contribution is -3.00. The van der Waals surface area contributed by atoms with E-state index < -0.39 is 0 Å². The Bertz CT molecular complexity index is 509. The Labute approximate surface area is 157 Å². The number of aromatic nitrogens is 1. The molecule has 0 aliphatic carbocycles. The first kappa shape index (κ1) is 19.9. The van der Waals surface area contributed by atoms with Gasteiger partial charge in [0, 0.05) is 12.5 Å². The Morgan fingerprint density at radius 3 is 2.09 bits per heavy atom. The molecule has 124 valence electrons. The highest BCUT2D eigenvalue weighted by atomic mass is 127. The van der Waals surface area contributed by atoms with E-state index in [2.05, 4.69) is 41.3 Å². The van der Waals surface area contributed by atoms with Gasteiger partial charge in [-0.15, -0.1) is 0 Å². The Morgan fingerprint density at radius 2 is 1.41 bits per heavy atom. The number of hydrogen-bond acceptors (Lipinski definition) is 1. The van der Waals surface area contributed by atoms with Gasteiger partial charge in [0.05, 0.1) is 0 Å². The molecule has 0 radical (unpaired) electrons. The summed E-state index contributed by atoms with van der Waals surface area (Å²) < 4.78 is 3.83. The standard InChI is InChI=1S/C19H30NS.HI/c1-2-3-4-5-6-7-8-9-10-13-16-20-17-21-19-15-12-11-14-18(19)20;/h11-12,14-15,17H,2-10,13,16H2,1H3;1H/q+1;/p-1. The highest BCUT2D eigenvalue weighted by molar-refractivity contribution is 7.16. The fourth-order valence-corrected chi connectivity index (χ4v) is 3.84. The van der Waals surface area contributed by atoms with Gasteiger partial charge in [0.1, 0.15) is 11.2 Å². The Kier molecular flexibility index (Phi) is 11.1. The van der Waals surface area contributed by atoms with Crippen LogP contribution >= 0.6 is 11.3 Å². The quantitative estimate of drug-likeness (QED) is 0.293. The normalized spacial score (nSPS) is 10.8. The van der Waals surface area contributed by atoms with Crippen molar-refractivity contribution in [3.63, 3.8) is 0 Å². The van der Waals surface area contributed by atoms with E-state index in [9.17, 15) is 0 Å². The van der Waals surface area contributed by atoms with Crippen molar-refractivity contribution in [3.05, 3.63) is 29.8 Å². The van der Waals surface area contributed by atoms with Gasteiger partial charge in [0.15, 0.2) is 0 Å². The third-order valence-electron chi connectivity index (χ3n) is 4.23. The number of fused-ring (bicyclic) bond motifs is 1. The topological polar surface area (TPSA) is 3.88 Å². The molecule has 0 aliphatic heterocycles. The van der Waals surface area contributed by atoms with Gasteiger partial charge >= 0.3 is 0 Å². The van der Waals surface area contributed by atoms with Crippen LogP contribution in [-0.4, -0.2) is 0 Å². The fraction of sp³-hybridized carbons (Fsp3) is 0.632. The lowest BCUT2D eigenvalue weighted by Gasteiger charge is -2.01. The van der Waals surface area contributed by atoms with Crippen LogP contribution in [0.25, 0.3) is 10.2 Å². The van der Waals surface area contributed by atoms with E-state index in [1.165, 1.54) is 81.0 Å². The molecule has 1 aromatic carbocycles. The average molecular weight is 431 g/mol. The van der Waals surface area contributed by atoms with E-state index in [0.717, 1.165) is 0 Å². The second-order valence-corrected chi connectivity index (χ2v) is 6.95. The van der Waals surface area contributed by atoms with Crippen LogP contribution in [0.3, 0.4) is 0 Å². The number of benzene rings is 1. The molecule has 0 aliphatic rings. The molecule has 1 aromatic heterocycles. The third kappa shape index (κ3) is 6.95. The zero-order chi connectivity index (χ0) is 14.8. The predicted octanol–water partition coefficient (Wildman–Crippen LogP) is 3.11. The van der Waals surface area contributed by atoms with Crippen LogP contribution in [0, 0.1) is 0 Å². The van der Waals surface area contributed by atoms with Crippen molar-refractivity contribution in [1.82, 2.24) is 0 Å². The van der Waals surface area contributed by atoms with E-state index in [1.54, 1.807) is 0 Å². The predicted molar refractivity (Wildman–Crippen MR) is 93.9 cm³/mol. The molecule has 0 saturated heterocycles. The monoisotopic (exact) mass is 431 g/mol. The second kappa shape index (κ2) is 12.3. The Balaban J connectivity index is 0.00000242. The minimum absolute atomic E-state index is 0. The Hall–Kier alpha value is -0.160. The van der Waals surface area contributed by atoms with E-state index in [0.29, 0.717) is 0 Å². The van der Waals surface area contributed by atoms with Crippen molar-refractivity contribution in [2.75, 3.05) is 0 Å². The van der Waals surface area contributed by atoms with Crippen molar-refractivity contribution < 1.29 is 28.5 Å². The van der Waals surface area contributed by atoms with Crippen LogP contribution in [0.15, 0.2) is 29.8 Å². The maximum atomic E-state index is 2.42. The van der Waals surface area contributed by atoms with Gasteiger partial charge in [-0.2, -0.15) is 4.57 Å². The number of para-hydroxylation sites is 1. The summed E-state index contributed by atoms with van der Waals surface area (Å²) >= 11 is 1.86. The molecule has 1 nitrogen and oxygen atoms in total. The summed E-state index contributed by atoms with van der Waals surface area (Å²) in [6, 6.07) is 8.73. The van der Waals surface area contributed by atoms with Crippen LogP contribution in [0.2, 0.25) is 0 Å². The number of halogens is 1. The van der Waals surface area contributed by atoms with Crippen molar-refractivity contribution in [2.45, 2.75) is 77.7 Å². The fourth-order valence-electron chi connectivity index (χ4n) is 2.91. The first-order valence-electron chi connectivity index (χ1n) is 8.77. The van der Waals surface area contributed by atoms with Gasteiger partial charge in [-0.3, -0.25) is 0 Å². The Morgan fingerprint density at radius 1 is 0.818 bits per heavy atom. The highest BCUT2D eigenvalue weighted by Crippen LogP contribution is 2.15.